The average molecular weight is 418 g/mol. The SMILES string of the molecule is CN1CCN(C(=O)COc2ccc(N(Cc3ccccc3)S(C)(=O)=O)cc2)CC1. The largest absolute Gasteiger partial charge is 0.484 e. The highest BCUT2D eigenvalue weighted by Crippen LogP contribution is 2.23. The summed E-state index contributed by atoms with van der Waals surface area (Å²) in [5.41, 5.74) is 1.45. The van der Waals surface area contributed by atoms with Gasteiger partial charge in [0.2, 0.25) is 10.0 Å². The molecule has 29 heavy (non-hydrogen) atoms. The van der Waals surface area contributed by atoms with Gasteiger partial charge in [0.05, 0.1) is 18.5 Å². The predicted molar refractivity (Wildman–Crippen MR) is 113 cm³/mol. The van der Waals surface area contributed by atoms with Gasteiger partial charge in [-0.1, -0.05) is 30.3 Å². The number of sulfonamides is 1. The molecule has 0 unspecified atom stereocenters. The Balaban J connectivity index is 1.62. The maximum Gasteiger partial charge on any atom is 0.260 e. The van der Waals surface area contributed by atoms with E-state index in [1.807, 2.05) is 37.4 Å². The number of amides is 1. The summed E-state index contributed by atoms with van der Waals surface area (Å²) >= 11 is 0. The van der Waals surface area contributed by atoms with Crippen LogP contribution >= 0.6 is 0 Å². The summed E-state index contributed by atoms with van der Waals surface area (Å²) in [5, 5.41) is 0. The first-order valence-electron chi connectivity index (χ1n) is 9.54. The topological polar surface area (TPSA) is 70.2 Å². The minimum Gasteiger partial charge on any atom is -0.484 e. The van der Waals surface area contributed by atoms with Gasteiger partial charge >= 0.3 is 0 Å². The molecule has 1 aliphatic heterocycles. The molecule has 0 aromatic heterocycles. The van der Waals surface area contributed by atoms with E-state index in [9.17, 15) is 13.2 Å². The third kappa shape index (κ3) is 5.95. The van der Waals surface area contributed by atoms with E-state index < -0.39 is 10.0 Å². The van der Waals surface area contributed by atoms with Gasteiger partial charge in [-0.15, -0.1) is 0 Å². The molecule has 1 fully saturated rings. The van der Waals surface area contributed by atoms with E-state index in [4.69, 9.17) is 4.74 Å². The molecule has 0 aliphatic carbocycles. The van der Waals surface area contributed by atoms with Crippen molar-refractivity contribution in [2.24, 2.45) is 0 Å². The molecular formula is C21H27N3O4S. The number of likely N-dealkylation sites (N-methyl/N-ethyl adjacent to an activating group) is 1. The highest BCUT2D eigenvalue weighted by Gasteiger charge is 2.20. The zero-order valence-corrected chi connectivity index (χ0v) is 17.6. The van der Waals surface area contributed by atoms with Crippen LogP contribution in [0, 0.1) is 0 Å². The second kappa shape index (κ2) is 9.28. The number of carbonyl (C=O) groups excluding carboxylic acids is 1. The summed E-state index contributed by atoms with van der Waals surface area (Å²) < 4.78 is 31.5. The van der Waals surface area contributed by atoms with Gasteiger partial charge in [0.15, 0.2) is 6.61 Å². The van der Waals surface area contributed by atoms with E-state index in [1.54, 1.807) is 29.2 Å². The van der Waals surface area contributed by atoms with Crippen LogP contribution in [0.5, 0.6) is 5.75 Å². The number of carbonyl (C=O) groups is 1. The summed E-state index contributed by atoms with van der Waals surface area (Å²) in [6.07, 6.45) is 1.19. The predicted octanol–water partition coefficient (Wildman–Crippen LogP) is 1.81. The van der Waals surface area contributed by atoms with Gasteiger partial charge in [-0.25, -0.2) is 8.42 Å². The summed E-state index contributed by atoms with van der Waals surface area (Å²) in [5.74, 6) is 0.494. The average Bonchev–Trinajstić information content (AvgIpc) is 2.71. The molecule has 1 heterocycles. The van der Waals surface area contributed by atoms with Crippen LogP contribution in [0.2, 0.25) is 0 Å². The van der Waals surface area contributed by atoms with Crippen LogP contribution in [-0.2, 0) is 21.4 Å². The molecule has 0 bridgehead atoms. The van der Waals surface area contributed by atoms with Crippen molar-refractivity contribution in [2.75, 3.05) is 50.4 Å². The number of rotatable bonds is 7. The van der Waals surface area contributed by atoms with Gasteiger partial charge in [0.25, 0.3) is 5.91 Å². The van der Waals surface area contributed by atoms with E-state index >= 15 is 0 Å². The van der Waals surface area contributed by atoms with E-state index in [0.717, 1.165) is 18.7 Å². The molecule has 8 heteroatoms. The Bertz CT molecular complexity index is 909. The fraction of sp³-hybridized carbons (Fsp3) is 0.381. The quantitative estimate of drug-likeness (QED) is 0.687. The Kier molecular flexibility index (Phi) is 6.76. The van der Waals surface area contributed by atoms with Crippen LogP contribution in [0.25, 0.3) is 0 Å². The molecule has 0 saturated carbocycles. The summed E-state index contributed by atoms with van der Waals surface area (Å²) in [6.45, 7) is 3.37. The number of hydrogen-bond acceptors (Lipinski definition) is 5. The highest BCUT2D eigenvalue weighted by atomic mass is 32.2. The Morgan fingerprint density at radius 2 is 1.62 bits per heavy atom. The molecule has 156 valence electrons. The standard InChI is InChI=1S/C21H27N3O4S/c1-22-12-14-23(15-13-22)21(25)17-28-20-10-8-19(9-11-20)24(29(2,26)27)16-18-6-4-3-5-7-18/h3-11H,12-17H2,1-2H3. The molecule has 7 nitrogen and oxygen atoms in total. The second-order valence-electron chi connectivity index (χ2n) is 7.22. The van der Waals surface area contributed by atoms with Crippen molar-refractivity contribution < 1.29 is 17.9 Å². The second-order valence-corrected chi connectivity index (χ2v) is 9.13. The normalized spacial score (nSPS) is 15.2. The van der Waals surface area contributed by atoms with Crippen molar-refractivity contribution in [1.82, 2.24) is 9.80 Å². The van der Waals surface area contributed by atoms with Gasteiger partial charge in [-0.2, -0.15) is 0 Å². The first-order valence-corrected chi connectivity index (χ1v) is 11.4. The minimum absolute atomic E-state index is 0.0249. The molecule has 1 saturated heterocycles. The lowest BCUT2D eigenvalue weighted by atomic mass is 10.2. The Morgan fingerprint density at radius 3 is 2.21 bits per heavy atom. The molecule has 0 N–H and O–H groups in total. The van der Waals surface area contributed by atoms with Crippen LogP contribution in [0.3, 0.4) is 0 Å². The maximum atomic E-state index is 12.3. The van der Waals surface area contributed by atoms with Crippen LogP contribution < -0.4 is 9.04 Å². The molecule has 0 spiro atoms. The van der Waals surface area contributed by atoms with Crippen LogP contribution in [0.4, 0.5) is 5.69 Å². The van der Waals surface area contributed by atoms with E-state index in [1.165, 1.54) is 10.6 Å². The molecular weight excluding hydrogens is 390 g/mol. The minimum atomic E-state index is -3.45. The third-order valence-electron chi connectivity index (χ3n) is 4.91. The Labute approximate surface area is 172 Å². The fourth-order valence-electron chi connectivity index (χ4n) is 3.15. The smallest absolute Gasteiger partial charge is 0.260 e. The number of piperazine rings is 1. The van der Waals surface area contributed by atoms with Crippen molar-refractivity contribution in [3.05, 3.63) is 60.2 Å². The van der Waals surface area contributed by atoms with Crippen LogP contribution in [-0.4, -0.2) is 70.2 Å². The summed E-state index contributed by atoms with van der Waals surface area (Å²) in [7, 11) is -1.41. The lowest BCUT2D eigenvalue weighted by molar-refractivity contribution is -0.134. The van der Waals surface area contributed by atoms with Crippen molar-refractivity contribution in [2.45, 2.75) is 6.54 Å². The number of nitrogens with zero attached hydrogens (tertiary/aromatic N) is 3. The zero-order chi connectivity index (χ0) is 20.9. The molecule has 2 aromatic rings. The molecule has 1 aliphatic rings. The third-order valence-corrected chi connectivity index (χ3v) is 6.05. The van der Waals surface area contributed by atoms with Crippen molar-refractivity contribution in [3.63, 3.8) is 0 Å². The molecule has 3 rings (SSSR count). The van der Waals surface area contributed by atoms with Gasteiger partial charge in [0, 0.05) is 26.2 Å². The van der Waals surface area contributed by atoms with Crippen molar-refractivity contribution >= 4 is 21.6 Å². The summed E-state index contributed by atoms with van der Waals surface area (Å²) in [6, 6.07) is 16.2. The van der Waals surface area contributed by atoms with Crippen LogP contribution in [0.1, 0.15) is 5.56 Å². The highest BCUT2D eigenvalue weighted by molar-refractivity contribution is 7.92. The number of benzene rings is 2. The first kappa shape index (κ1) is 21.1. The lowest BCUT2D eigenvalue weighted by Crippen LogP contribution is -2.48. The van der Waals surface area contributed by atoms with Crippen molar-refractivity contribution in [3.8, 4) is 5.75 Å². The number of anilines is 1. The number of hydrogen-bond donors (Lipinski definition) is 0. The first-order chi connectivity index (χ1) is 13.8. The van der Waals surface area contributed by atoms with E-state index in [-0.39, 0.29) is 19.1 Å². The van der Waals surface area contributed by atoms with Crippen molar-refractivity contribution in [1.29, 1.82) is 0 Å². The van der Waals surface area contributed by atoms with E-state index in [0.29, 0.717) is 24.5 Å². The molecule has 0 radical (unpaired) electrons. The summed E-state index contributed by atoms with van der Waals surface area (Å²) in [4.78, 5) is 16.3. The van der Waals surface area contributed by atoms with Gasteiger partial charge < -0.3 is 14.5 Å². The lowest BCUT2D eigenvalue weighted by Gasteiger charge is -2.32. The van der Waals surface area contributed by atoms with Crippen LogP contribution in [0.15, 0.2) is 54.6 Å². The van der Waals surface area contributed by atoms with E-state index in [2.05, 4.69) is 4.90 Å². The Hall–Kier alpha value is -2.58. The van der Waals surface area contributed by atoms with Gasteiger partial charge in [-0.3, -0.25) is 9.10 Å². The molecule has 0 atom stereocenters. The number of ether oxygens (including phenoxy) is 1. The fourth-order valence-corrected chi connectivity index (χ4v) is 4.04. The van der Waals surface area contributed by atoms with Gasteiger partial charge in [0.1, 0.15) is 5.75 Å². The van der Waals surface area contributed by atoms with Gasteiger partial charge in [-0.05, 0) is 36.9 Å². The molecule has 1 amide bonds. The monoisotopic (exact) mass is 417 g/mol. The zero-order valence-electron chi connectivity index (χ0n) is 16.8. The maximum absolute atomic E-state index is 12.3. The Morgan fingerprint density at radius 1 is 1.00 bits per heavy atom. The molecule has 2 aromatic carbocycles.